The van der Waals surface area contributed by atoms with Gasteiger partial charge in [-0.3, -0.25) is 0 Å². The molecule has 0 aromatic heterocycles. The van der Waals surface area contributed by atoms with Crippen LogP contribution >= 0.6 is 0 Å². The van der Waals surface area contributed by atoms with Crippen LogP contribution in [0.3, 0.4) is 0 Å². The maximum absolute atomic E-state index is 10.4. The van der Waals surface area contributed by atoms with Gasteiger partial charge in [-0.15, -0.1) is 6.58 Å². The minimum Gasteiger partial charge on any atom is -0.480 e. The van der Waals surface area contributed by atoms with Crippen molar-refractivity contribution in [1.82, 2.24) is 0 Å². The predicted octanol–water partition coefficient (Wildman–Crippen LogP) is 2.37. The summed E-state index contributed by atoms with van der Waals surface area (Å²) in [7, 11) is 0. The van der Waals surface area contributed by atoms with Crippen molar-refractivity contribution in [1.29, 1.82) is 0 Å². The van der Waals surface area contributed by atoms with Crippen molar-refractivity contribution >= 4 is 5.97 Å². The van der Waals surface area contributed by atoms with Gasteiger partial charge in [-0.2, -0.15) is 0 Å². The smallest absolute Gasteiger partial charge is 0.329 e. The number of hydrogen-bond acceptors (Lipinski definition) is 2. The zero-order chi connectivity index (χ0) is 10.4. The molecule has 0 amide bonds. The Morgan fingerprint density at radius 2 is 2.07 bits per heavy atom. The number of ether oxygens (including phenoxy) is 1. The van der Waals surface area contributed by atoms with E-state index in [-0.39, 0.29) is 12.2 Å². The highest BCUT2D eigenvalue weighted by Gasteiger charge is 2.32. The van der Waals surface area contributed by atoms with Gasteiger partial charge in [-0.05, 0) is 19.3 Å². The fourth-order valence-corrected chi connectivity index (χ4v) is 2.08. The molecule has 1 N–H and O–H groups in total. The Morgan fingerprint density at radius 1 is 1.43 bits per heavy atom. The Labute approximate surface area is 84.8 Å². The van der Waals surface area contributed by atoms with E-state index < -0.39 is 5.97 Å². The number of hydrogen-bond donors (Lipinski definition) is 1. The van der Waals surface area contributed by atoms with Gasteiger partial charge >= 0.3 is 5.97 Å². The number of carboxylic acid groups (broad SMARTS) is 1. The third kappa shape index (κ3) is 3.14. The molecule has 14 heavy (non-hydrogen) atoms. The summed E-state index contributed by atoms with van der Waals surface area (Å²) in [5.74, 6) is -0.890. The van der Waals surface area contributed by atoms with Gasteiger partial charge in [0.25, 0.3) is 0 Å². The van der Waals surface area contributed by atoms with Crippen LogP contribution in [-0.2, 0) is 9.53 Å². The van der Waals surface area contributed by atoms with Gasteiger partial charge in [-0.25, -0.2) is 4.79 Å². The molecule has 80 valence electrons. The van der Waals surface area contributed by atoms with Crippen LogP contribution in [0.1, 0.15) is 38.5 Å². The Hall–Kier alpha value is -0.830. The SMILES string of the molecule is C=CCC1(OCC(=O)O)CCCCC1. The average molecular weight is 198 g/mol. The highest BCUT2D eigenvalue weighted by Crippen LogP contribution is 2.34. The van der Waals surface area contributed by atoms with Crippen molar-refractivity contribution in [3.63, 3.8) is 0 Å². The monoisotopic (exact) mass is 198 g/mol. The van der Waals surface area contributed by atoms with E-state index in [1.54, 1.807) is 0 Å². The van der Waals surface area contributed by atoms with Crippen molar-refractivity contribution in [2.75, 3.05) is 6.61 Å². The summed E-state index contributed by atoms with van der Waals surface area (Å²) in [6.07, 6.45) is 8.02. The Kier molecular flexibility index (Phi) is 4.14. The van der Waals surface area contributed by atoms with Crippen molar-refractivity contribution < 1.29 is 14.6 Å². The minimum absolute atomic E-state index is 0.187. The first-order chi connectivity index (χ1) is 6.68. The molecule has 0 bridgehead atoms. The quantitative estimate of drug-likeness (QED) is 0.690. The summed E-state index contributed by atoms with van der Waals surface area (Å²) in [6, 6.07) is 0. The minimum atomic E-state index is -0.890. The predicted molar refractivity (Wildman–Crippen MR) is 54.2 cm³/mol. The number of carboxylic acids is 1. The lowest BCUT2D eigenvalue weighted by Crippen LogP contribution is -2.36. The van der Waals surface area contributed by atoms with Crippen molar-refractivity contribution in [2.45, 2.75) is 44.1 Å². The molecule has 0 aromatic carbocycles. The van der Waals surface area contributed by atoms with Crippen LogP contribution < -0.4 is 0 Å². The summed E-state index contributed by atoms with van der Waals surface area (Å²) in [5, 5.41) is 8.58. The summed E-state index contributed by atoms with van der Waals surface area (Å²) in [5.41, 5.74) is -0.238. The molecule has 1 rings (SSSR count). The molecule has 0 aliphatic heterocycles. The molecule has 1 aliphatic carbocycles. The molecule has 1 saturated carbocycles. The van der Waals surface area contributed by atoms with Gasteiger partial charge < -0.3 is 9.84 Å². The first-order valence-electron chi connectivity index (χ1n) is 5.15. The Bertz CT molecular complexity index is 205. The standard InChI is InChI=1S/C11H18O3/c1-2-6-11(14-9-10(12)13)7-4-3-5-8-11/h2H,1,3-9H2,(H,12,13). The van der Waals surface area contributed by atoms with Crippen LogP contribution in [0, 0.1) is 0 Å². The van der Waals surface area contributed by atoms with E-state index in [4.69, 9.17) is 9.84 Å². The molecular formula is C11H18O3. The van der Waals surface area contributed by atoms with Crippen LogP contribution in [0.2, 0.25) is 0 Å². The highest BCUT2D eigenvalue weighted by atomic mass is 16.5. The summed E-state index contributed by atoms with van der Waals surface area (Å²) >= 11 is 0. The van der Waals surface area contributed by atoms with E-state index >= 15 is 0 Å². The van der Waals surface area contributed by atoms with E-state index in [1.165, 1.54) is 6.42 Å². The zero-order valence-electron chi connectivity index (χ0n) is 8.50. The third-order valence-electron chi connectivity index (χ3n) is 2.78. The van der Waals surface area contributed by atoms with Crippen molar-refractivity contribution in [3.8, 4) is 0 Å². The Morgan fingerprint density at radius 3 is 2.57 bits per heavy atom. The molecule has 0 unspecified atom stereocenters. The zero-order valence-corrected chi connectivity index (χ0v) is 8.50. The average Bonchev–Trinajstić information content (AvgIpc) is 2.17. The molecular weight excluding hydrogens is 180 g/mol. The number of carbonyl (C=O) groups is 1. The molecule has 3 heteroatoms. The molecule has 0 spiro atoms. The lowest BCUT2D eigenvalue weighted by molar-refractivity contribution is -0.152. The van der Waals surface area contributed by atoms with E-state index in [9.17, 15) is 4.79 Å². The van der Waals surface area contributed by atoms with Crippen LogP contribution in [0.15, 0.2) is 12.7 Å². The van der Waals surface area contributed by atoms with Crippen LogP contribution in [0.4, 0.5) is 0 Å². The fourth-order valence-electron chi connectivity index (χ4n) is 2.08. The normalized spacial score (nSPS) is 20.3. The van der Waals surface area contributed by atoms with Crippen molar-refractivity contribution in [2.24, 2.45) is 0 Å². The lowest BCUT2D eigenvalue weighted by Gasteiger charge is -2.36. The lowest BCUT2D eigenvalue weighted by atomic mass is 9.82. The van der Waals surface area contributed by atoms with E-state index in [0.717, 1.165) is 32.1 Å². The molecule has 0 heterocycles. The van der Waals surface area contributed by atoms with Gasteiger partial charge in [0.1, 0.15) is 6.61 Å². The van der Waals surface area contributed by atoms with Gasteiger partial charge in [0, 0.05) is 0 Å². The molecule has 0 radical (unpaired) electrons. The second kappa shape index (κ2) is 5.15. The Balaban J connectivity index is 2.50. The van der Waals surface area contributed by atoms with Gasteiger partial charge in [0.2, 0.25) is 0 Å². The third-order valence-corrected chi connectivity index (χ3v) is 2.78. The van der Waals surface area contributed by atoms with E-state index in [0.29, 0.717) is 0 Å². The van der Waals surface area contributed by atoms with Crippen LogP contribution in [0.5, 0.6) is 0 Å². The first-order valence-corrected chi connectivity index (χ1v) is 5.15. The molecule has 1 fully saturated rings. The van der Waals surface area contributed by atoms with Gasteiger partial charge in [0.15, 0.2) is 0 Å². The highest BCUT2D eigenvalue weighted by molar-refractivity contribution is 5.68. The van der Waals surface area contributed by atoms with Crippen molar-refractivity contribution in [3.05, 3.63) is 12.7 Å². The summed E-state index contributed by atoms with van der Waals surface area (Å²) < 4.78 is 5.50. The summed E-state index contributed by atoms with van der Waals surface area (Å²) in [4.78, 5) is 10.4. The fraction of sp³-hybridized carbons (Fsp3) is 0.727. The topological polar surface area (TPSA) is 46.5 Å². The maximum Gasteiger partial charge on any atom is 0.329 e. The number of rotatable bonds is 5. The van der Waals surface area contributed by atoms with E-state index in [1.807, 2.05) is 6.08 Å². The van der Waals surface area contributed by atoms with Gasteiger partial charge in [0.05, 0.1) is 5.60 Å². The van der Waals surface area contributed by atoms with E-state index in [2.05, 4.69) is 6.58 Å². The largest absolute Gasteiger partial charge is 0.480 e. The van der Waals surface area contributed by atoms with Crippen LogP contribution in [0.25, 0.3) is 0 Å². The van der Waals surface area contributed by atoms with Gasteiger partial charge in [-0.1, -0.05) is 25.3 Å². The molecule has 0 saturated heterocycles. The molecule has 1 aliphatic rings. The second-order valence-electron chi connectivity index (χ2n) is 3.92. The second-order valence-corrected chi connectivity index (χ2v) is 3.92. The molecule has 3 nitrogen and oxygen atoms in total. The first kappa shape index (κ1) is 11.2. The molecule has 0 atom stereocenters. The molecule has 0 aromatic rings. The summed E-state index contributed by atoms with van der Waals surface area (Å²) in [6.45, 7) is 3.51. The van der Waals surface area contributed by atoms with Crippen LogP contribution in [-0.4, -0.2) is 23.3 Å². The maximum atomic E-state index is 10.4. The number of aliphatic carboxylic acids is 1.